The van der Waals surface area contributed by atoms with Crippen molar-refractivity contribution in [1.82, 2.24) is 19.0 Å². The van der Waals surface area contributed by atoms with E-state index in [1.165, 1.54) is 18.2 Å². The van der Waals surface area contributed by atoms with Crippen LogP contribution < -0.4 is 0 Å². The molecule has 0 radical (unpaired) electrons. The fourth-order valence-corrected chi connectivity index (χ4v) is 5.59. The van der Waals surface area contributed by atoms with Crippen molar-refractivity contribution in [3.05, 3.63) is 45.7 Å². The van der Waals surface area contributed by atoms with E-state index >= 15 is 0 Å². The Morgan fingerprint density at radius 3 is 2.41 bits per heavy atom. The van der Waals surface area contributed by atoms with Crippen LogP contribution in [-0.2, 0) is 16.6 Å². The van der Waals surface area contributed by atoms with Crippen LogP contribution in [0.15, 0.2) is 33.6 Å². The molecule has 2 aromatic rings. The van der Waals surface area contributed by atoms with E-state index in [0.717, 1.165) is 16.6 Å². The van der Waals surface area contributed by atoms with E-state index in [0.29, 0.717) is 30.9 Å². The van der Waals surface area contributed by atoms with Crippen molar-refractivity contribution < 1.29 is 17.2 Å². The van der Waals surface area contributed by atoms with Gasteiger partial charge >= 0.3 is 6.55 Å². The van der Waals surface area contributed by atoms with Gasteiger partial charge in [-0.2, -0.15) is 18.2 Å². The Hall–Kier alpha value is -1.36. The van der Waals surface area contributed by atoms with Crippen molar-refractivity contribution in [3.63, 3.8) is 0 Å². The van der Waals surface area contributed by atoms with E-state index in [2.05, 4.69) is 25.9 Å². The lowest BCUT2D eigenvalue weighted by Gasteiger charge is -2.34. The van der Waals surface area contributed by atoms with Gasteiger partial charge < -0.3 is 0 Å². The van der Waals surface area contributed by atoms with E-state index in [4.69, 9.17) is 0 Å². The Kier molecular flexibility index (Phi) is 5.99. The molecule has 10 heteroatoms. The first-order valence-electron chi connectivity index (χ1n) is 8.51. The van der Waals surface area contributed by atoms with E-state index in [-0.39, 0.29) is 16.3 Å². The average molecular weight is 463 g/mol. The third-order valence-electron chi connectivity index (χ3n) is 4.67. The van der Waals surface area contributed by atoms with Crippen molar-refractivity contribution in [2.45, 2.75) is 31.8 Å². The number of halogens is 3. The molecule has 6 nitrogen and oxygen atoms in total. The molecule has 1 fully saturated rings. The van der Waals surface area contributed by atoms with Crippen LogP contribution in [0.4, 0.5) is 8.78 Å². The smallest absolute Gasteiger partial charge is 0.296 e. The van der Waals surface area contributed by atoms with Crippen molar-refractivity contribution in [2.75, 3.05) is 26.2 Å². The second kappa shape index (κ2) is 7.94. The summed E-state index contributed by atoms with van der Waals surface area (Å²) in [6.07, 6.45) is 0. The number of sulfonamides is 1. The summed E-state index contributed by atoms with van der Waals surface area (Å²) in [4.78, 5) is 2.07. The number of piperazine rings is 1. The molecule has 2 heterocycles. The molecular formula is C17H21BrF2N4O2S. The van der Waals surface area contributed by atoms with Crippen LogP contribution in [0.25, 0.3) is 0 Å². The molecule has 1 aromatic heterocycles. The van der Waals surface area contributed by atoms with Gasteiger partial charge in [0.15, 0.2) is 0 Å². The summed E-state index contributed by atoms with van der Waals surface area (Å²) < 4.78 is 54.8. The first-order chi connectivity index (χ1) is 12.7. The first kappa shape index (κ1) is 20.4. The van der Waals surface area contributed by atoms with E-state index in [1.54, 1.807) is 0 Å². The van der Waals surface area contributed by atoms with Crippen LogP contribution in [-0.4, -0.2) is 53.6 Å². The molecule has 1 aliphatic rings. The molecule has 0 N–H and O–H groups in total. The number of alkyl halides is 2. The summed E-state index contributed by atoms with van der Waals surface area (Å²) in [5.74, 6) is 0. The Bertz CT molecular complexity index is 925. The number of nitrogens with zero attached hydrogens (tertiary/aromatic N) is 4. The van der Waals surface area contributed by atoms with Gasteiger partial charge in [0, 0.05) is 37.2 Å². The highest BCUT2D eigenvalue weighted by atomic mass is 79.9. The van der Waals surface area contributed by atoms with Gasteiger partial charge in [-0.05, 0) is 31.5 Å². The van der Waals surface area contributed by atoms with Crippen LogP contribution in [0.5, 0.6) is 0 Å². The van der Waals surface area contributed by atoms with E-state index < -0.39 is 16.6 Å². The highest BCUT2D eigenvalue weighted by Crippen LogP contribution is 2.27. The van der Waals surface area contributed by atoms with Gasteiger partial charge in [0.2, 0.25) is 10.0 Å². The Morgan fingerprint density at radius 2 is 1.85 bits per heavy atom. The second-order valence-corrected chi connectivity index (χ2v) is 9.32. The van der Waals surface area contributed by atoms with Gasteiger partial charge in [-0.1, -0.05) is 28.1 Å². The quantitative estimate of drug-likeness (QED) is 0.684. The summed E-state index contributed by atoms with van der Waals surface area (Å²) in [6.45, 7) is 2.46. The monoisotopic (exact) mass is 462 g/mol. The minimum atomic E-state index is -3.86. The van der Waals surface area contributed by atoms with Crippen LogP contribution in [0, 0.1) is 13.8 Å². The van der Waals surface area contributed by atoms with Crippen LogP contribution in [0.1, 0.15) is 23.5 Å². The lowest BCUT2D eigenvalue weighted by molar-refractivity contribution is 0.0538. The van der Waals surface area contributed by atoms with Crippen molar-refractivity contribution in [1.29, 1.82) is 0 Å². The number of hydrogen-bond acceptors (Lipinski definition) is 4. The standard InChI is InChI=1S/C17H21BrF2N4O2S/c1-12-16(13(2)24(21-12)17(19)20)27(25,26)23-8-6-22(7-9-23)11-14-4-3-5-15(18)10-14/h3-5,10,17H,6-9,11H2,1-2H3. The lowest BCUT2D eigenvalue weighted by Crippen LogP contribution is -2.48. The molecule has 1 aromatic carbocycles. The number of rotatable bonds is 5. The summed E-state index contributed by atoms with van der Waals surface area (Å²) >= 11 is 3.45. The van der Waals surface area contributed by atoms with Crippen LogP contribution in [0.2, 0.25) is 0 Å². The number of aromatic nitrogens is 2. The summed E-state index contributed by atoms with van der Waals surface area (Å²) in [5.41, 5.74) is 1.22. The molecule has 1 saturated heterocycles. The summed E-state index contributed by atoms with van der Waals surface area (Å²) in [7, 11) is -3.86. The molecule has 0 aliphatic carbocycles. The predicted octanol–water partition coefficient (Wildman–Crippen LogP) is 3.16. The molecule has 0 atom stereocenters. The van der Waals surface area contributed by atoms with Gasteiger partial charge in [-0.25, -0.2) is 13.1 Å². The Morgan fingerprint density at radius 1 is 1.19 bits per heavy atom. The SMILES string of the molecule is Cc1nn(C(F)F)c(C)c1S(=O)(=O)N1CCN(Cc2cccc(Br)c2)CC1. The zero-order valence-corrected chi connectivity index (χ0v) is 17.5. The Labute approximate surface area is 165 Å². The molecule has 0 unspecified atom stereocenters. The topological polar surface area (TPSA) is 58.4 Å². The molecule has 0 spiro atoms. The van der Waals surface area contributed by atoms with Crippen molar-refractivity contribution >= 4 is 26.0 Å². The zero-order chi connectivity index (χ0) is 19.8. The number of hydrogen-bond donors (Lipinski definition) is 0. The molecule has 0 amide bonds. The maximum atomic E-state index is 13.0. The zero-order valence-electron chi connectivity index (χ0n) is 15.1. The van der Waals surface area contributed by atoms with E-state index in [9.17, 15) is 17.2 Å². The highest BCUT2D eigenvalue weighted by Gasteiger charge is 2.34. The summed E-state index contributed by atoms with van der Waals surface area (Å²) in [6, 6.07) is 7.98. The molecule has 0 bridgehead atoms. The predicted molar refractivity (Wildman–Crippen MR) is 101 cm³/mol. The van der Waals surface area contributed by atoms with Crippen molar-refractivity contribution in [2.24, 2.45) is 0 Å². The lowest BCUT2D eigenvalue weighted by atomic mass is 10.2. The maximum Gasteiger partial charge on any atom is 0.333 e. The van der Waals surface area contributed by atoms with Gasteiger partial charge in [0.1, 0.15) is 4.90 Å². The minimum Gasteiger partial charge on any atom is -0.296 e. The van der Waals surface area contributed by atoms with Gasteiger partial charge in [-0.15, -0.1) is 0 Å². The Balaban J connectivity index is 1.72. The third kappa shape index (κ3) is 4.23. The minimum absolute atomic E-state index is 0.0286. The largest absolute Gasteiger partial charge is 0.333 e. The number of benzene rings is 1. The van der Waals surface area contributed by atoms with E-state index in [1.807, 2.05) is 24.3 Å². The van der Waals surface area contributed by atoms with Gasteiger partial charge in [0.05, 0.1) is 11.4 Å². The second-order valence-electron chi connectivity index (χ2n) is 6.53. The van der Waals surface area contributed by atoms with Crippen molar-refractivity contribution in [3.8, 4) is 0 Å². The molecular weight excluding hydrogens is 442 g/mol. The molecule has 3 rings (SSSR count). The third-order valence-corrected chi connectivity index (χ3v) is 7.31. The maximum absolute atomic E-state index is 13.0. The fraction of sp³-hybridized carbons (Fsp3) is 0.471. The molecule has 148 valence electrons. The van der Waals surface area contributed by atoms with Crippen LogP contribution >= 0.6 is 15.9 Å². The first-order valence-corrected chi connectivity index (χ1v) is 10.7. The normalized spacial score (nSPS) is 17.0. The van der Waals surface area contributed by atoms with Crippen LogP contribution in [0.3, 0.4) is 0 Å². The molecule has 27 heavy (non-hydrogen) atoms. The molecule has 1 aliphatic heterocycles. The molecule has 0 saturated carbocycles. The highest BCUT2D eigenvalue weighted by molar-refractivity contribution is 9.10. The number of aryl methyl sites for hydroxylation is 1. The average Bonchev–Trinajstić information content (AvgIpc) is 2.91. The summed E-state index contributed by atoms with van der Waals surface area (Å²) in [5, 5.41) is 3.70. The van der Waals surface area contributed by atoms with Gasteiger partial charge in [-0.3, -0.25) is 4.90 Å². The fourth-order valence-electron chi connectivity index (χ4n) is 3.36. The van der Waals surface area contributed by atoms with Gasteiger partial charge in [0.25, 0.3) is 0 Å².